The van der Waals surface area contributed by atoms with E-state index in [1.165, 1.54) is 7.05 Å². The summed E-state index contributed by atoms with van der Waals surface area (Å²) in [7, 11) is 1.30. The Kier molecular flexibility index (Phi) is 8.63. The standard InChI is InChI=1S/C24H26F5NO4/c1-23(2,3)34-21(31)19(30(4)22(32)33-14-15-8-6-5-7-9-15)11-10-16-12-17(25)20(18(26)13-16)24(27,28)29/h5-9,12-13,19H,10-11,14H2,1-4H3. The van der Waals surface area contributed by atoms with Crippen LogP contribution < -0.4 is 0 Å². The zero-order valence-electron chi connectivity index (χ0n) is 19.2. The highest BCUT2D eigenvalue weighted by atomic mass is 19.4. The van der Waals surface area contributed by atoms with E-state index in [0.29, 0.717) is 17.7 Å². The lowest BCUT2D eigenvalue weighted by molar-refractivity contribution is -0.160. The molecule has 0 heterocycles. The number of halogens is 5. The van der Waals surface area contributed by atoms with Gasteiger partial charge < -0.3 is 9.47 Å². The minimum absolute atomic E-state index is 0.0552. The van der Waals surface area contributed by atoms with E-state index in [9.17, 15) is 31.5 Å². The van der Waals surface area contributed by atoms with Crippen LogP contribution in [0.1, 0.15) is 43.9 Å². The van der Waals surface area contributed by atoms with Crippen LogP contribution in [0.5, 0.6) is 0 Å². The molecule has 0 aliphatic rings. The first-order valence-electron chi connectivity index (χ1n) is 10.4. The lowest BCUT2D eigenvalue weighted by atomic mass is 10.0. The second-order valence-corrected chi connectivity index (χ2v) is 8.67. The lowest BCUT2D eigenvalue weighted by Crippen LogP contribution is -2.45. The quantitative estimate of drug-likeness (QED) is 0.361. The van der Waals surface area contributed by atoms with Gasteiger partial charge in [0.25, 0.3) is 0 Å². The van der Waals surface area contributed by atoms with Crippen LogP contribution in [0.15, 0.2) is 42.5 Å². The van der Waals surface area contributed by atoms with Crippen molar-refractivity contribution in [2.45, 2.75) is 58.0 Å². The molecule has 2 aromatic carbocycles. The fourth-order valence-electron chi connectivity index (χ4n) is 3.13. The Bertz CT molecular complexity index is 980. The molecule has 186 valence electrons. The SMILES string of the molecule is CN(C(=O)OCc1ccccc1)C(CCc1cc(F)c(C(F)(F)F)c(F)c1)C(=O)OC(C)(C)C. The predicted molar refractivity (Wildman–Crippen MR) is 114 cm³/mol. The molecule has 1 atom stereocenters. The van der Waals surface area contributed by atoms with E-state index < -0.39 is 47.1 Å². The van der Waals surface area contributed by atoms with E-state index in [1.807, 2.05) is 0 Å². The number of rotatable bonds is 7. The number of carbonyl (C=O) groups is 2. The number of hydrogen-bond donors (Lipinski definition) is 0. The summed E-state index contributed by atoms with van der Waals surface area (Å²) in [6.07, 6.45) is -6.40. The molecule has 2 rings (SSSR count). The fraction of sp³-hybridized carbons (Fsp3) is 0.417. The first-order chi connectivity index (χ1) is 15.7. The van der Waals surface area contributed by atoms with Crippen molar-refractivity contribution in [2.75, 3.05) is 7.05 Å². The molecule has 0 aliphatic carbocycles. The molecule has 0 saturated heterocycles. The Hall–Kier alpha value is -3.17. The average Bonchev–Trinajstić information content (AvgIpc) is 2.69. The molecule has 0 saturated carbocycles. The summed E-state index contributed by atoms with van der Waals surface area (Å²) in [5.41, 5.74) is -2.27. The van der Waals surface area contributed by atoms with Gasteiger partial charge in [0, 0.05) is 7.05 Å². The van der Waals surface area contributed by atoms with Gasteiger partial charge in [0.1, 0.15) is 35.4 Å². The van der Waals surface area contributed by atoms with Gasteiger partial charge in [-0.3, -0.25) is 4.90 Å². The van der Waals surface area contributed by atoms with Crippen LogP contribution in [-0.4, -0.2) is 35.7 Å². The maximum Gasteiger partial charge on any atom is 0.422 e. The van der Waals surface area contributed by atoms with Gasteiger partial charge in [0.05, 0.1) is 0 Å². The highest BCUT2D eigenvalue weighted by Gasteiger charge is 2.38. The Morgan fingerprint density at radius 1 is 0.971 bits per heavy atom. The van der Waals surface area contributed by atoms with E-state index in [-0.39, 0.29) is 25.0 Å². The normalized spacial score (nSPS) is 12.7. The summed E-state index contributed by atoms with van der Waals surface area (Å²) in [6, 6.07) is 8.71. The first kappa shape index (κ1) is 27.1. The van der Waals surface area contributed by atoms with Gasteiger partial charge in [0.2, 0.25) is 0 Å². The topological polar surface area (TPSA) is 55.8 Å². The van der Waals surface area contributed by atoms with Gasteiger partial charge in [-0.2, -0.15) is 13.2 Å². The van der Waals surface area contributed by atoms with E-state index in [2.05, 4.69) is 0 Å². The van der Waals surface area contributed by atoms with Gasteiger partial charge in [-0.25, -0.2) is 18.4 Å². The summed E-state index contributed by atoms with van der Waals surface area (Å²) in [4.78, 5) is 26.3. The molecule has 10 heteroatoms. The van der Waals surface area contributed by atoms with Crippen LogP contribution in [-0.2, 0) is 33.5 Å². The number of aryl methyl sites for hydroxylation is 1. The van der Waals surface area contributed by atoms with Gasteiger partial charge >= 0.3 is 18.2 Å². The number of nitrogens with zero attached hydrogens (tertiary/aromatic N) is 1. The smallest absolute Gasteiger partial charge is 0.422 e. The zero-order valence-corrected chi connectivity index (χ0v) is 19.2. The number of alkyl halides is 3. The Balaban J connectivity index is 2.18. The summed E-state index contributed by atoms with van der Waals surface area (Å²) in [5.74, 6) is -4.31. The van der Waals surface area contributed by atoms with Crippen LogP contribution in [0.25, 0.3) is 0 Å². The highest BCUT2D eigenvalue weighted by molar-refractivity contribution is 5.81. The Morgan fingerprint density at radius 2 is 1.53 bits per heavy atom. The monoisotopic (exact) mass is 487 g/mol. The van der Waals surface area contributed by atoms with Crippen LogP contribution in [0, 0.1) is 11.6 Å². The molecule has 0 fully saturated rings. The second-order valence-electron chi connectivity index (χ2n) is 8.67. The third kappa shape index (κ3) is 7.71. The van der Waals surface area contributed by atoms with Crippen LogP contribution in [0.4, 0.5) is 26.7 Å². The average molecular weight is 487 g/mol. The molecule has 0 radical (unpaired) electrons. The number of benzene rings is 2. The second kappa shape index (κ2) is 10.8. The van der Waals surface area contributed by atoms with Gasteiger partial charge in [0.15, 0.2) is 0 Å². The van der Waals surface area contributed by atoms with Gasteiger partial charge in [-0.15, -0.1) is 0 Å². The summed E-state index contributed by atoms with van der Waals surface area (Å²) >= 11 is 0. The van der Waals surface area contributed by atoms with E-state index in [1.54, 1.807) is 51.1 Å². The first-order valence-corrected chi connectivity index (χ1v) is 10.4. The molecule has 1 unspecified atom stereocenters. The van der Waals surface area contributed by atoms with Crippen molar-refractivity contribution in [3.05, 3.63) is 70.8 Å². The van der Waals surface area contributed by atoms with Crippen molar-refractivity contribution in [3.63, 3.8) is 0 Å². The number of likely N-dealkylation sites (N-methyl/N-ethyl adjacent to an activating group) is 1. The molecule has 0 spiro atoms. The molecular weight excluding hydrogens is 461 g/mol. The van der Waals surface area contributed by atoms with E-state index in [4.69, 9.17) is 9.47 Å². The zero-order chi connectivity index (χ0) is 25.7. The molecule has 34 heavy (non-hydrogen) atoms. The molecule has 0 aromatic heterocycles. The maximum atomic E-state index is 13.9. The molecule has 1 amide bonds. The molecule has 0 N–H and O–H groups in total. The minimum Gasteiger partial charge on any atom is -0.458 e. The molecule has 0 bridgehead atoms. The third-order valence-corrected chi connectivity index (χ3v) is 4.73. The lowest BCUT2D eigenvalue weighted by Gasteiger charge is -2.29. The Labute approximate surface area is 194 Å². The summed E-state index contributed by atoms with van der Waals surface area (Å²) < 4.78 is 76.9. The summed E-state index contributed by atoms with van der Waals surface area (Å²) in [5, 5.41) is 0. The van der Waals surface area contributed by atoms with Crippen molar-refractivity contribution >= 4 is 12.1 Å². The predicted octanol–water partition coefficient (Wildman–Crippen LogP) is 5.90. The molecule has 2 aromatic rings. The van der Waals surface area contributed by atoms with Crippen LogP contribution >= 0.6 is 0 Å². The Morgan fingerprint density at radius 3 is 2.03 bits per heavy atom. The fourth-order valence-corrected chi connectivity index (χ4v) is 3.13. The number of esters is 1. The molecule has 0 aliphatic heterocycles. The maximum absolute atomic E-state index is 13.9. The van der Waals surface area contributed by atoms with Crippen molar-refractivity contribution in [3.8, 4) is 0 Å². The van der Waals surface area contributed by atoms with E-state index in [0.717, 1.165) is 4.90 Å². The minimum atomic E-state index is -5.19. The van der Waals surface area contributed by atoms with Crippen LogP contribution in [0.2, 0.25) is 0 Å². The van der Waals surface area contributed by atoms with E-state index >= 15 is 0 Å². The molecular formula is C24H26F5NO4. The van der Waals surface area contributed by atoms with Crippen molar-refractivity contribution in [1.29, 1.82) is 0 Å². The molecule has 5 nitrogen and oxygen atoms in total. The van der Waals surface area contributed by atoms with Crippen molar-refractivity contribution in [2.24, 2.45) is 0 Å². The van der Waals surface area contributed by atoms with Crippen LogP contribution in [0.3, 0.4) is 0 Å². The number of carbonyl (C=O) groups excluding carboxylic acids is 2. The summed E-state index contributed by atoms with van der Waals surface area (Å²) in [6.45, 7) is 4.81. The largest absolute Gasteiger partial charge is 0.458 e. The van der Waals surface area contributed by atoms with Gasteiger partial charge in [-0.05, 0) is 56.9 Å². The number of amides is 1. The van der Waals surface area contributed by atoms with Crippen molar-refractivity contribution in [1.82, 2.24) is 4.90 Å². The third-order valence-electron chi connectivity index (χ3n) is 4.73. The highest BCUT2D eigenvalue weighted by Crippen LogP contribution is 2.34. The van der Waals surface area contributed by atoms with Crippen molar-refractivity contribution < 1.29 is 41.0 Å². The number of ether oxygens (including phenoxy) is 2. The van der Waals surface area contributed by atoms with Gasteiger partial charge in [-0.1, -0.05) is 30.3 Å². The number of hydrogen-bond acceptors (Lipinski definition) is 4.